The minimum absolute atomic E-state index is 0.325. The van der Waals surface area contributed by atoms with Crippen LogP contribution in [0.4, 0.5) is 0 Å². The number of hydrogen-bond acceptors (Lipinski definition) is 2. The van der Waals surface area contributed by atoms with Gasteiger partial charge in [0.1, 0.15) is 0 Å². The van der Waals surface area contributed by atoms with Crippen molar-refractivity contribution < 1.29 is 0 Å². The number of nitrogens with two attached hydrogens (primary N) is 1. The number of aryl methyl sites for hydroxylation is 2. The largest absolute Gasteiger partial charge is 0.327 e. The number of rotatable bonds is 3. The fourth-order valence-corrected chi connectivity index (χ4v) is 5.94. The predicted molar refractivity (Wildman–Crippen MR) is 80.3 cm³/mol. The van der Waals surface area contributed by atoms with Crippen LogP contribution in [0.1, 0.15) is 55.5 Å². The van der Waals surface area contributed by atoms with Crippen molar-refractivity contribution in [2.24, 2.45) is 28.9 Å². The first-order valence-electron chi connectivity index (χ1n) is 8.32. The summed E-state index contributed by atoms with van der Waals surface area (Å²) >= 11 is 0. The molecule has 1 aromatic rings. The van der Waals surface area contributed by atoms with E-state index in [0.717, 1.165) is 29.9 Å². The van der Waals surface area contributed by atoms with Crippen molar-refractivity contribution in [3.05, 3.63) is 17.0 Å². The van der Waals surface area contributed by atoms with Crippen molar-refractivity contribution >= 4 is 0 Å². The van der Waals surface area contributed by atoms with E-state index in [-0.39, 0.29) is 0 Å². The molecule has 1 atom stereocenters. The molecule has 110 valence electrons. The Hall–Kier alpha value is -0.830. The lowest BCUT2D eigenvalue weighted by Crippen LogP contribution is -2.55. The minimum Gasteiger partial charge on any atom is -0.327 e. The maximum absolute atomic E-state index is 6.76. The number of aromatic nitrogens is 2. The van der Waals surface area contributed by atoms with Crippen molar-refractivity contribution in [1.82, 2.24) is 10.2 Å². The first kappa shape index (κ1) is 12.9. The van der Waals surface area contributed by atoms with Crippen LogP contribution < -0.4 is 5.73 Å². The monoisotopic (exact) mass is 273 g/mol. The Bertz CT molecular complexity index is 462. The first-order chi connectivity index (χ1) is 9.56. The Morgan fingerprint density at radius 1 is 1.15 bits per heavy atom. The Labute approximate surface area is 121 Å². The fourth-order valence-electron chi connectivity index (χ4n) is 5.94. The molecule has 0 aromatic carbocycles. The lowest BCUT2D eigenvalue weighted by atomic mass is 9.47. The van der Waals surface area contributed by atoms with E-state index in [1.54, 1.807) is 0 Å². The van der Waals surface area contributed by atoms with Gasteiger partial charge in [-0.3, -0.25) is 5.10 Å². The van der Waals surface area contributed by atoms with Crippen molar-refractivity contribution in [3.63, 3.8) is 0 Å². The number of hydrogen-bond donors (Lipinski definition) is 2. The molecular weight excluding hydrogens is 246 g/mol. The van der Waals surface area contributed by atoms with Gasteiger partial charge in [-0.25, -0.2) is 0 Å². The van der Waals surface area contributed by atoms with Crippen LogP contribution in [0.25, 0.3) is 0 Å². The molecule has 4 fully saturated rings. The summed E-state index contributed by atoms with van der Waals surface area (Å²) in [4.78, 5) is 0. The summed E-state index contributed by atoms with van der Waals surface area (Å²) in [7, 11) is 0. The fraction of sp³-hybridized carbons (Fsp3) is 0.824. The van der Waals surface area contributed by atoms with E-state index >= 15 is 0 Å². The molecule has 3 heteroatoms. The molecule has 4 aliphatic carbocycles. The van der Waals surface area contributed by atoms with E-state index in [1.807, 2.05) is 0 Å². The molecule has 0 aliphatic heterocycles. The maximum atomic E-state index is 6.76. The highest BCUT2D eigenvalue weighted by Gasteiger charge is 2.53. The summed E-state index contributed by atoms with van der Waals surface area (Å²) in [6.45, 7) is 4.23. The van der Waals surface area contributed by atoms with Gasteiger partial charge >= 0.3 is 0 Å². The molecule has 1 aromatic heterocycles. The zero-order chi connectivity index (χ0) is 13.9. The molecule has 4 aliphatic rings. The van der Waals surface area contributed by atoms with Crippen LogP contribution in [-0.2, 0) is 6.42 Å². The van der Waals surface area contributed by atoms with Crippen molar-refractivity contribution in [3.8, 4) is 0 Å². The topological polar surface area (TPSA) is 54.7 Å². The Morgan fingerprint density at radius 3 is 2.15 bits per heavy atom. The predicted octanol–water partition coefficient (Wildman–Crippen LogP) is 3.11. The lowest BCUT2D eigenvalue weighted by molar-refractivity contribution is -0.0668. The Balaban J connectivity index is 1.58. The van der Waals surface area contributed by atoms with Crippen molar-refractivity contribution in [1.29, 1.82) is 0 Å². The van der Waals surface area contributed by atoms with E-state index < -0.39 is 0 Å². The van der Waals surface area contributed by atoms with Gasteiger partial charge in [-0.2, -0.15) is 5.10 Å². The van der Waals surface area contributed by atoms with Crippen LogP contribution in [-0.4, -0.2) is 16.2 Å². The van der Waals surface area contributed by atoms with Crippen molar-refractivity contribution in [2.75, 3.05) is 0 Å². The highest BCUT2D eigenvalue weighted by Crippen LogP contribution is 2.61. The summed E-state index contributed by atoms with van der Waals surface area (Å²) in [6, 6.07) is 0.325. The highest BCUT2D eigenvalue weighted by molar-refractivity contribution is 5.25. The van der Waals surface area contributed by atoms with Gasteiger partial charge in [0.15, 0.2) is 0 Å². The molecule has 1 unspecified atom stereocenters. The minimum atomic E-state index is 0.325. The molecule has 4 saturated carbocycles. The normalized spacial score (nSPS) is 40.2. The SMILES string of the molecule is Cc1n[nH]c(C)c1CC(N)C12CC3CC(CC(C3)C1)C2. The zero-order valence-corrected chi connectivity index (χ0v) is 12.8. The lowest BCUT2D eigenvalue weighted by Gasteiger charge is -2.59. The molecule has 0 amide bonds. The van der Waals surface area contributed by atoms with E-state index in [0.29, 0.717) is 11.5 Å². The third-order valence-corrected chi connectivity index (χ3v) is 6.58. The van der Waals surface area contributed by atoms with Gasteiger partial charge in [-0.05, 0) is 87.5 Å². The third kappa shape index (κ3) is 1.86. The van der Waals surface area contributed by atoms with Crippen LogP contribution in [0.15, 0.2) is 0 Å². The summed E-state index contributed by atoms with van der Waals surface area (Å²) in [5, 5.41) is 7.45. The second-order valence-corrected chi connectivity index (χ2v) is 8.00. The van der Waals surface area contributed by atoms with E-state index in [9.17, 15) is 0 Å². The molecule has 0 radical (unpaired) electrons. The van der Waals surface area contributed by atoms with Crippen molar-refractivity contribution in [2.45, 2.75) is 64.8 Å². The van der Waals surface area contributed by atoms with Gasteiger partial charge in [-0.1, -0.05) is 0 Å². The molecule has 4 bridgehead atoms. The van der Waals surface area contributed by atoms with Gasteiger partial charge in [0.05, 0.1) is 5.69 Å². The first-order valence-corrected chi connectivity index (χ1v) is 8.32. The molecule has 0 spiro atoms. The van der Waals surface area contributed by atoms with Crippen LogP contribution >= 0.6 is 0 Å². The van der Waals surface area contributed by atoms with Gasteiger partial charge in [0.25, 0.3) is 0 Å². The van der Waals surface area contributed by atoms with E-state index in [2.05, 4.69) is 24.0 Å². The van der Waals surface area contributed by atoms with E-state index in [4.69, 9.17) is 5.73 Å². The summed E-state index contributed by atoms with van der Waals surface area (Å²) < 4.78 is 0. The quantitative estimate of drug-likeness (QED) is 0.889. The van der Waals surface area contributed by atoms with Crippen LogP contribution in [0.5, 0.6) is 0 Å². The molecular formula is C17H27N3. The number of nitrogens with one attached hydrogen (secondary N) is 1. The molecule has 5 rings (SSSR count). The summed E-state index contributed by atoms with van der Waals surface area (Å²) in [5.41, 5.74) is 10.9. The maximum Gasteiger partial charge on any atom is 0.0626 e. The zero-order valence-electron chi connectivity index (χ0n) is 12.8. The summed E-state index contributed by atoms with van der Waals surface area (Å²) in [5.74, 6) is 2.96. The molecule has 3 nitrogen and oxygen atoms in total. The third-order valence-electron chi connectivity index (χ3n) is 6.58. The van der Waals surface area contributed by atoms with Crippen LogP contribution in [0, 0.1) is 37.0 Å². The van der Waals surface area contributed by atoms with Gasteiger partial charge < -0.3 is 5.73 Å². The number of aromatic amines is 1. The molecule has 3 N–H and O–H groups in total. The van der Waals surface area contributed by atoms with Gasteiger partial charge in [-0.15, -0.1) is 0 Å². The smallest absolute Gasteiger partial charge is 0.0626 e. The van der Waals surface area contributed by atoms with Crippen LogP contribution in [0.2, 0.25) is 0 Å². The Morgan fingerprint density at radius 2 is 1.70 bits per heavy atom. The van der Waals surface area contributed by atoms with Gasteiger partial charge in [0, 0.05) is 11.7 Å². The van der Waals surface area contributed by atoms with Gasteiger partial charge in [0.2, 0.25) is 0 Å². The van der Waals surface area contributed by atoms with E-state index in [1.165, 1.54) is 49.8 Å². The Kier molecular flexibility index (Phi) is 2.79. The summed E-state index contributed by atoms with van der Waals surface area (Å²) in [6.07, 6.45) is 9.70. The molecule has 20 heavy (non-hydrogen) atoms. The average Bonchev–Trinajstić information content (AvgIpc) is 2.69. The average molecular weight is 273 g/mol. The highest BCUT2D eigenvalue weighted by atomic mass is 15.1. The number of nitrogens with zero attached hydrogens (tertiary/aromatic N) is 1. The molecule has 0 saturated heterocycles. The molecule has 1 heterocycles. The second-order valence-electron chi connectivity index (χ2n) is 8.00. The van der Waals surface area contributed by atoms with Crippen LogP contribution in [0.3, 0.4) is 0 Å². The number of H-pyrrole nitrogens is 1. The standard InChI is InChI=1S/C17H27N3/c1-10-15(11(2)20-19-10)6-16(18)17-7-12-3-13(8-17)5-14(4-12)9-17/h12-14,16H,3-9,18H2,1-2H3,(H,19,20). The second kappa shape index (κ2) is 4.33.